The molecule has 2 aromatic carbocycles. The standard InChI is InChI=1S/C24H27NO4/c1-16(2)23(27)18-11-14-21(15-12-18)25-20(4-3-5-22(25)26)13-8-17-6-9-19(10-7-17)24(28)29/h6-16,20,23,27H,3-5H2,1-2H3,(H,28,29)/b13-8+. The Kier molecular flexibility index (Phi) is 6.49. The van der Waals surface area contributed by atoms with Crippen molar-refractivity contribution in [1.29, 1.82) is 0 Å². The van der Waals surface area contributed by atoms with Crippen molar-refractivity contribution >= 4 is 23.6 Å². The average Bonchev–Trinajstić information content (AvgIpc) is 2.72. The van der Waals surface area contributed by atoms with E-state index in [9.17, 15) is 14.7 Å². The summed E-state index contributed by atoms with van der Waals surface area (Å²) in [4.78, 5) is 25.4. The van der Waals surface area contributed by atoms with Crippen LogP contribution in [0.5, 0.6) is 0 Å². The van der Waals surface area contributed by atoms with Crippen molar-refractivity contribution in [2.24, 2.45) is 5.92 Å². The number of amides is 1. The lowest BCUT2D eigenvalue weighted by molar-refractivity contribution is -0.120. The molecule has 0 saturated carbocycles. The van der Waals surface area contributed by atoms with Crippen LogP contribution in [0, 0.1) is 5.92 Å². The van der Waals surface area contributed by atoms with Crippen LogP contribution in [0.1, 0.15) is 60.7 Å². The molecule has 5 nitrogen and oxygen atoms in total. The van der Waals surface area contributed by atoms with E-state index in [1.807, 2.05) is 55.2 Å². The Bertz CT molecular complexity index is 884. The SMILES string of the molecule is CC(C)C(O)c1ccc(N2C(=O)CCCC2/C=C/c2ccc(C(=O)O)cc2)cc1. The Hall–Kier alpha value is -2.92. The van der Waals surface area contributed by atoms with Gasteiger partial charge in [0.1, 0.15) is 0 Å². The van der Waals surface area contributed by atoms with Crippen molar-refractivity contribution in [3.8, 4) is 0 Å². The van der Waals surface area contributed by atoms with Gasteiger partial charge in [-0.05, 0) is 54.2 Å². The minimum absolute atomic E-state index is 0.0590. The zero-order valence-corrected chi connectivity index (χ0v) is 16.8. The second-order valence-corrected chi connectivity index (χ2v) is 7.79. The first-order chi connectivity index (χ1) is 13.9. The number of nitrogens with zero attached hydrogens (tertiary/aromatic N) is 1. The number of aromatic carboxylic acids is 1. The van der Waals surface area contributed by atoms with Crippen molar-refractivity contribution in [1.82, 2.24) is 0 Å². The van der Waals surface area contributed by atoms with Crippen LogP contribution in [0.15, 0.2) is 54.6 Å². The summed E-state index contributed by atoms with van der Waals surface area (Å²) in [6.45, 7) is 3.94. The summed E-state index contributed by atoms with van der Waals surface area (Å²) in [6.07, 6.45) is 5.64. The molecule has 2 aromatic rings. The molecule has 2 unspecified atom stereocenters. The van der Waals surface area contributed by atoms with E-state index in [1.165, 1.54) is 0 Å². The highest BCUT2D eigenvalue weighted by atomic mass is 16.4. The largest absolute Gasteiger partial charge is 0.478 e. The fourth-order valence-corrected chi connectivity index (χ4v) is 3.59. The molecule has 1 amide bonds. The van der Waals surface area contributed by atoms with Crippen LogP contribution in [-0.2, 0) is 4.79 Å². The third kappa shape index (κ3) is 4.93. The van der Waals surface area contributed by atoms with E-state index in [0.717, 1.165) is 29.7 Å². The fourth-order valence-electron chi connectivity index (χ4n) is 3.59. The third-order valence-electron chi connectivity index (χ3n) is 5.30. The number of benzene rings is 2. The number of piperidine rings is 1. The van der Waals surface area contributed by atoms with E-state index < -0.39 is 12.1 Å². The third-order valence-corrected chi connectivity index (χ3v) is 5.30. The van der Waals surface area contributed by atoms with Crippen LogP contribution in [0.25, 0.3) is 6.08 Å². The van der Waals surface area contributed by atoms with E-state index >= 15 is 0 Å². The summed E-state index contributed by atoms with van der Waals surface area (Å²) in [5.74, 6) is -0.736. The Morgan fingerprint density at radius 2 is 1.76 bits per heavy atom. The van der Waals surface area contributed by atoms with Gasteiger partial charge in [0.2, 0.25) is 5.91 Å². The predicted octanol–water partition coefficient (Wildman–Crippen LogP) is 4.67. The summed E-state index contributed by atoms with van der Waals surface area (Å²) in [5.41, 5.74) is 2.81. The van der Waals surface area contributed by atoms with Gasteiger partial charge in [0.05, 0.1) is 17.7 Å². The van der Waals surface area contributed by atoms with E-state index in [4.69, 9.17) is 5.11 Å². The number of anilines is 1. The minimum atomic E-state index is -0.949. The van der Waals surface area contributed by atoms with Gasteiger partial charge in [0.25, 0.3) is 0 Å². The number of aliphatic hydroxyl groups is 1. The molecule has 1 heterocycles. The quantitative estimate of drug-likeness (QED) is 0.747. The molecule has 3 rings (SSSR count). The van der Waals surface area contributed by atoms with Crippen LogP contribution in [0.2, 0.25) is 0 Å². The van der Waals surface area contributed by atoms with Crippen LogP contribution < -0.4 is 4.90 Å². The van der Waals surface area contributed by atoms with Crippen LogP contribution in [-0.4, -0.2) is 28.1 Å². The highest BCUT2D eigenvalue weighted by molar-refractivity contribution is 5.95. The first kappa shape index (κ1) is 20.8. The van der Waals surface area contributed by atoms with Crippen LogP contribution >= 0.6 is 0 Å². The van der Waals surface area contributed by atoms with Crippen molar-refractivity contribution < 1.29 is 19.8 Å². The van der Waals surface area contributed by atoms with Gasteiger partial charge in [-0.1, -0.05) is 50.3 Å². The number of hydrogen-bond acceptors (Lipinski definition) is 3. The molecule has 0 spiro atoms. The number of carbonyl (C=O) groups is 2. The normalized spacial score (nSPS) is 18.4. The van der Waals surface area contributed by atoms with Crippen molar-refractivity contribution in [2.75, 3.05) is 4.90 Å². The van der Waals surface area contributed by atoms with Gasteiger partial charge in [-0.2, -0.15) is 0 Å². The van der Waals surface area contributed by atoms with Gasteiger partial charge in [0, 0.05) is 12.1 Å². The number of carboxylic acids is 1. The van der Waals surface area contributed by atoms with Crippen molar-refractivity contribution in [2.45, 2.75) is 45.3 Å². The summed E-state index contributed by atoms with van der Waals surface area (Å²) in [5, 5.41) is 19.2. The molecule has 1 aliphatic rings. The van der Waals surface area contributed by atoms with Gasteiger partial charge in [-0.3, -0.25) is 4.79 Å². The zero-order valence-electron chi connectivity index (χ0n) is 16.8. The van der Waals surface area contributed by atoms with Gasteiger partial charge in [0.15, 0.2) is 0 Å². The number of hydrogen-bond donors (Lipinski definition) is 2. The lowest BCUT2D eigenvalue weighted by Gasteiger charge is -2.34. The van der Waals surface area contributed by atoms with E-state index in [0.29, 0.717) is 6.42 Å². The maximum atomic E-state index is 12.6. The first-order valence-electron chi connectivity index (χ1n) is 9.98. The summed E-state index contributed by atoms with van der Waals surface area (Å²) < 4.78 is 0. The lowest BCUT2D eigenvalue weighted by atomic mass is 9.97. The molecular weight excluding hydrogens is 366 g/mol. The highest BCUT2D eigenvalue weighted by Gasteiger charge is 2.27. The molecule has 2 N–H and O–H groups in total. The molecular formula is C24H27NO4. The molecule has 1 aliphatic heterocycles. The molecule has 0 aromatic heterocycles. The Balaban J connectivity index is 1.80. The predicted molar refractivity (Wildman–Crippen MR) is 114 cm³/mol. The molecule has 152 valence electrons. The number of aliphatic hydroxyl groups excluding tert-OH is 1. The van der Waals surface area contributed by atoms with E-state index in [-0.39, 0.29) is 23.4 Å². The van der Waals surface area contributed by atoms with Gasteiger partial charge in [-0.25, -0.2) is 4.79 Å². The molecule has 0 aliphatic carbocycles. The second-order valence-electron chi connectivity index (χ2n) is 7.79. The average molecular weight is 393 g/mol. The summed E-state index contributed by atoms with van der Waals surface area (Å²) in [7, 11) is 0. The molecule has 1 fully saturated rings. The second kappa shape index (κ2) is 9.05. The molecule has 0 bridgehead atoms. The van der Waals surface area contributed by atoms with Gasteiger partial charge in [-0.15, -0.1) is 0 Å². The smallest absolute Gasteiger partial charge is 0.335 e. The Morgan fingerprint density at radius 1 is 1.10 bits per heavy atom. The highest BCUT2D eigenvalue weighted by Crippen LogP contribution is 2.29. The lowest BCUT2D eigenvalue weighted by Crippen LogP contribution is -2.42. The molecule has 1 saturated heterocycles. The van der Waals surface area contributed by atoms with Crippen molar-refractivity contribution in [3.05, 3.63) is 71.3 Å². The molecule has 0 radical (unpaired) electrons. The van der Waals surface area contributed by atoms with E-state index in [1.54, 1.807) is 24.3 Å². The van der Waals surface area contributed by atoms with Crippen molar-refractivity contribution in [3.63, 3.8) is 0 Å². The fraction of sp³-hybridized carbons (Fsp3) is 0.333. The maximum absolute atomic E-state index is 12.6. The molecule has 5 heteroatoms. The Morgan fingerprint density at radius 3 is 2.34 bits per heavy atom. The van der Waals surface area contributed by atoms with Gasteiger partial charge < -0.3 is 15.1 Å². The minimum Gasteiger partial charge on any atom is -0.478 e. The monoisotopic (exact) mass is 393 g/mol. The summed E-state index contributed by atoms with van der Waals surface area (Å²) in [6, 6.07) is 14.2. The van der Waals surface area contributed by atoms with Crippen LogP contribution in [0.4, 0.5) is 5.69 Å². The topological polar surface area (TPSA) is 77.8 Å². The van der Waals surface area contributed by atoms with Gasteiger partial charge >= 0.3 is 5.97 Å². The van der Waals surface area contributed by atoms with Crippen LogP contribution in [0.3, 0.4) is 0 Å². The number of rotatable bonds is 6. The summed E-state index contributed by atoms with van der Waals surface area (Å²) >= 11 is 0. The molecule has 2 atom stereocenters. The first-order valence-corrected chi connectivity index (χ1v) is 9.98. The Labute approximate surface area is 171 Å². The number of carboxylic acid groups (broad SMARTS) is 1. The number of carbonyl (C=O) groups excluding carboxylic acids is 1. The molecule has 29 heavy (non-hydrogen) atoms. The van der Waals surface area contributed by atoms with E-state index in [2.05, 4.69) is 0 Å². The maximum Gasteiger partial charge on any atom is 0.335 e. The zero-order chi connectivity index (χ0) is 21.0.